The van der Waals surface area contributed by atoms with Crippen molar-refractivity contribution < 1.29 is 18.0 Å². The lowest BCUT2D eigenvalue weighted by molar-refractivity contribution is -0.139. The monoisotopic (exact) mass is 603 g/mol. The largest absolute Gasteiger partial charge is 0.357 e. The molecule has 0 bridgehead atoms. The molecule has 1 N–H and O–H groups in total. The second-order valence-electron chi connectivity index (χ2n) is 10.1. The van der Waals surface area contributed by atoms with Crippen molar-refractivity contribution in [2.24, 2.45) is 0 Å². The molecule has 0 aliphatic rings. The summed E-state index contributed by atoms with van der Waals surface area (Å²) in [5.74, 6) is -0.876. The molecule has 0 saturated heterocycles. The summed E-state index contributed by atoms with van der Waals surface area (Å²) in [7, 11) is -2.62. The summed E-state index contributed by atoms with van der Waals surface area (Å²) < 4.78 is 29.2. The molecule has 0 radical (unpaired) electrons. The van der Waals surface area contributed by atoms with Gasteiger partial charge in [-0.3, -0.25) is 13.9 Å². The number of nitrogens with one attached hydrogen (secondary N) is 1. The SMILES string of the molecule is CNC(=O)C(Cc1ccccc1)N(Cc1ccc(Cl)cc1)C(=O)CN(c1ccc(C)cc1C)S(=O)(=O)c1ccccc1. The van der Waals surface area contributed by atoms with Gasteiger partial charge in [-0.1, -0.05) is 90.0 Å². The lowest BCUT2D eigenvalue weighted by Gasteiger charge is -2.34. The molecular formula is C33H34ClN3O4S. The summed E-state index contributed by atoms with van der Waals surface area (Å²) in [6.45, 7) is 3.31. The first-order valence-corrected chi connectivity index (χ1v) is 15.4. The summed E-state index contributed by atoms with van der Waals surface area (Å²) in [6, 6.07) is 28.9. The molecule has 0 saturated carbocycles. The molecule has 218 valence electrons. The highest BCUT2D eigenvalue weighted by Gasteiger charge is 2.34. The Morgan fingerprint density at radius 2 is 1.45 bits per heavy atom. The number of likely N-dealkylation sites (N-methyl/N-ethyl adjacent to an activating group) is 1. The lowest BCUT2D eigenvalue weighted by atomic mass is 10.0. The van der Waals surface area contributed by atoms with Crippen molar-refractivity contribution >= 4 is 39.1 Å². The Balaban J connectivity index is 1.80. The molecule has 0 spiro atoms. The topological polar surface area (TPSA) is 86.8 Å². The van der Waals surface area contributed by atoms with Gasteiger partial charge in [-0.2, -0.15) is 0 Å². The molecule has 4 rings (SSSR count). The zero-order chi connectivity index (χ0) is 30.3. The zero-order valence-electron chi connectivity index (χ0n) is 23.8. The lowest BCUT2D eigenvalue weighted by Crippen LogP contribution is -2.53. The highest BCUT2D eigenvalue weighted by molar-refractivity contribution is 7.92. The first-order valence-electron chi connectivity index (χ1n) is 13.5. The van der Waals surface area contributed by atoms with Crippen LogP contribution >= 0.6 is 11.6 Å². The van der Waals surface area contributed by atoms with Gasteiger partial charge in [0.25, 0.3) is 10.0 Å². The van der Waals surface area contributed by atoms with E-state index in [2.05, 4.69) is 5.32 Å². The first kappa shape index (κ1) is 30.8. The molecule has 0 heterocycles. The molecule has 0 aliphatic heterocycles. The molecular weight excluding hydrogens is 570 g/mol. The van der Waals surface area contributed by atoms with Crippen LogP contribution in [0.4, 0.5) is 5.69 Å². The van der Waals surface area contributed by atoms with Gasteiger partial charge < -0.3 is 10.2 Å². The molecule has 4 aromatic rings. The number of benzene rings is 4. The predicted molar refractivity (Wildman–Crippen MR) is 167 cm³/mol. The van der Waals surface area contributed by atoms with Crippen LogP contribution in [0, 0.1) is 13.8 Å². The summed E-state index contributed by atoms with van der Waals surface area (Å²) in [5.41, 5.74) is 3.68. The van der Waals surface area contributed by atoms with E-state index in [1.54, 1.807) is 48.5 Å². The minimum atomic E-state index is -4.14. The average molecular weight is 604 g/mol. The molecule has 0 aliphatic carbocycles. The summed E-state index contributed by atoms with van der Waals surface area (Å²) in [4.78, 5) is 29.1. The molecule has 9 heteroatoms. The highest BCUT2D eigenvalue weighted by atomic mass is 35.5. The number of hydrogen-bond acceptors (Lipinski definition) is 4. The van der Waals surface area contributed by atoms with Crippen molar-refractivity contribution in [3.63, 3.8) is 0 Å². The van der Waals surface area contributed by atoms with Crippen LogP contribution in [0.3, 0.4) is 0 Å². The summed E-state index contributed by atoms with van der Waals surface area (Å²) in [5, 5.41) is 3.23. The number of carbonyl (C=O) groups excluding carboxylic acids is 2. The number of carbonyl (C=O) groups is 2. The van der Waals surface area contributed by atoms with Gasteiger partial charge >= 0.3 is 0 Å². The van der Waals surface area contributed by atoms with Gasteiger partial charge in [0.05, 0.1) is 10.6 Å². The number of halogens is 1. The number of amides is 2. The average Bonchev–Trinajstić information content (AvgIpc) is 2.99. The number of aryl methyl sites for hydroxylation is 2. The molecule has 1 unspecified atom stereocenters. The van der Waals surface area contributed by atoms with E-state index in [1.807, 2.05) is 56.3 Å². The Hall–Kier alpha value is -4.14. The predicted octanol–water partition coefficient (Wildman–Crippen LogP) is 5.54. The van der Waals surface area contributed by atoms with Crippen LogP contribution in [-0.4, -0.2) is 44.8 Å². The van der Waals surface area contributed by atoms with Crippen LogP contribution in [0.5, 0.6) is 0 Å². The van der Waals surface area contributed by atoms with E-state index in [4.69, 9.17) is 11.6 Å². The van der Waals surface area contributed by atoms with Gasteiger partial charge in [0.2, 0.25) is 11.8 Å². The van der Waals surface area contributed by atoms with Crippen LogP contribution in [0.25, 0.3) is 0 Å². The standard InChI is InChI=1S/C33H34ClN3O4S/c1-24-14-19-30(25(2)20-24)37(42(40,41)29-12-8-5-9-13-29)23-32(38)36(22-27-15-17-28(34)18-16-27)31(33(39)35-3)21-26-10-6-4-7-11-26/h4-20,31H,21-23H2,1-3H3,(H,35,39). The fourth-order valence-electron chi connectivity index (χ4n) is 4.83. The van der Waals surface area contributed by atoms with Crippen LogP contribution in [0.2, 0.25) is 5.02 Å². The van der Waals surface area contributed by atoms with Crippen molar-refractivity contribution in [3.05, 3.63) is 130 Å². The van der Waals surface area contributed by atoms with Crippen LogP contribution in [0.15, 0.2) is 108 Å². The van der Waals surface area contributed by atoms with Crippen LogP contribution < -0.4 is 9.62 Å². The van der Waals surface area contributed by atoms with Crippen molar-refractivity contribution in [1.29, 1.82) is 0 Å². The van der Waals surface area contributed by atoms with Crippen molar-refractivity contribution in [3.8, 4) is 0 Å². The van der Waals surface area contributed by atoms with Crippen molar-refractivity contribution in [2.45, 2.75) is 37.8 Å². The normalized spacial score (nSPS) is 11.9. The highest BCUT2D eigenvalue weighted by Crippen LogP contribution is 2.28. The molecule has 2 amide bonds. The van der Waals surface area contributed by atoms with Gasteiger partial charge in [0.15, 0.2) is 0 Å². The zero-order valence-corrected chi connectivity index (χ0v) is 25.4. The van der Waals surface area contributed by atoms with Crippen LogP contribution in [0.1, 0.15) is 22.3 Å². The first-order chi connectivity index (χ1) is 20.1. The smallest absolute Gasteiger partial charge is 0.264 e. The van der Waals surface area contributed by atoms with Gasteiger partial charge in [-0.15, -0.1) is 0 Å². The Kier molecular flexibility index (Phi) is 10.0. The number of nitrogens with zero attached hydrogens (tertiary/aromatic N) is 2. The molecule has 0 fully saturated rings. The van der Waals surface area contributed by atoms with E-state index in [0.717, 1.165) is 21.0 Å². The maximum atomic E-state index is 14.3. The third kappa shape index (κ3) is 7.38. The fourth-order valence-corrected chi connectivity index (χ4v) is 6.45. The van der Waals surface area contributed by atoms with Gasteiger partial charge in [-0.25, -0.2) is 8.42 Å². The Bertz CT molecular complexity index is 1630. The quantitative estimate of drug-likeness (QED) is 0.244. The Morgan fingerprint density at radius 1 is 0.833 bits per heavy atom. The van der Waals surface area contributed by atoms with E-state index in [0.29, 0.717) is 16.3 Å². The van der Waals surface area contributed by atoms with Gasteiger partial charge in [0.1, 0.15) is 12.6 Å². The summed E-state index contributed by atoms with van der Waals surface area (Å²) in [6.07, 6.45) is 0.245. The molecule has 7 nitrogen and oxygen atoms in total. The minimum Gasteiger partial charge on any atom is -0.357 e. The second kappa shape index (κ2) is 13.7. The van der Waals surface area contributed by atoms with Crippen LogP contribution in [-0.2, 0) is 32.6 Å². The Morgan fingerprint density at radius 3 is 2.05 bits per heavy atom. The fraction of sp³-hybridized carbons (Fsp3) is 0.212. The third-order valence-corrected chi connectivity index (χ3v) is 9.04. The number of rotatable bonds is 11. The molecule has 1 atom stereocenters. The van der Waals surface area contributed by atoms with Crippen molar-refractivity contribution in [2.75, 3.05) is 17.9 Å². The number of anilines is 1. The molecule has 0 aromatic heterocycles. The van der Waals surface area contributed by atoms with E-state index in [1.165, 1.54) is 24.1 Å². The molecule has 4 aromatic carbocycles. The van der Waals surface area contributed by atoms with Gasteiger partial charge in [-0.05, 0) is 60.9 Å². The van der Waals surface area contributed by atoms with E-state index < -0.39 is 28.5 Å². The summed E-state index contributed by atoms with van der Waals surface area (Å²) >= 11 is 6.11. The Labute approximate surface area is 252 Å². The second-order valence-corrected chi connectivity index (χ2v) is 12.4. The van der Waals surface area contributed by atoms with E-state index in [9.17, 15) is 18.0 Å². The maximum absolute atomic E-state index is 14.3. The number of sulfonamides is 1. The van der Waals surface area contributed by atoms with E-state index in [-0.39, 0.29) is 23.8 Å². The van der Waals surface area contributed by atoms with Gasteiger partial charge in [0, 0.05) is 25.0 Å². The third-order valence-electron chi connectivity index (χ3n) is 7.01. The molecule has 42 heavy (non-hydrogen) atoms. The number of hydrogen-bond donors (Lipinski definition) is 1. The minimum absolute atomic E-state index is 0.0640. The van der Waals surface area contributed by atoms with Crippen molar-refractivity contribution in [1.82, 2.24) is 10.2 Å². The maximum Gasteiger partial charge on any atom is 0.264 e. The van der Waals surface area contributed by atoms with E-state index >= 15 is 0 Å².